The number of rotatable bonds is 3. The molecule has 0 radical (unpaired) electrons. The molecule has 7 heteroatoms. The lowest BCUT2D eigenvalue weighted by Gasteiger charge is -2.20. The van der Waals surface area contributed by atoms with E-state index < -0.39 is 12.1 Å². The summed E-state index contributed by atoms with van der Waals surface area (Å²) in [6.07, 6.45) is 0. The van der Waals surface area contributed by atoms with Crippen molar-refractivity contribution in [2.75, 3.05) is 4.90 Å². The normalized spacial score (nSPS) is 22.0. The summed E-state index contributed by atoms with van der Waals surface area (Å²) in [6, 6.07) is 11.5. The molecule has 2 aromatic rings. The van der Waals surface area contributed by atoms with Crippen LogP contribution in [-0.2, 0) is 16.1 Å². The molecule has 2 aromatic carbocycles. The molecule has 4 rings (SSSR count). The fraction of sp³-hybridized carbons (Fsp3) is 0.222. The highest BCUT2D eigenvalue weighted by Crippen LogP contribution is 2.32. The molecule has 1 saturated heterocycles. The first-order valence-electron chi connectivity index (χ1n) is 7.91. The number of carbonyl (C=O) groups excluding carboxylic acids is 2. The number of imide groups is 1. The number of amides is 2. The van der Waals surface area contributed by atoms with E-state index in [0.29, 0.717) is 5.69 Å². The Balaban J connectivity index is 1.59. The van der Waals surface area contributed by atoms with Gasteiger partial charge in [-0.05, 0) is 36.8 Å². The van der Waals surface area contributed by atoms with Crippen LogP contribution in [0.4, 0.5) is 10.1 Å². The SMILES string of the molecule is Cc1ccc(N2C(=O)[C@@H]3[C@@H](N=NN3Cc3ccc(F)cc3)C2=O)cc1. The molecule has 0 aliphatic carbocycles. The minimum absolute atomic E-state index is 0.283. The molecule has 2 heterocycles. The standard InChI is InChI=1S/C18H15FN4O2/c1-11-2-8-14(9-3-11)23-17(24)15-16(18(23)25)22(21-20-15)10-12-4-6-13(19)7-5-12/h2-9,15-16H,10H2,1H3/t15-,16+/m1/s1. The van der Waals surface area contributed by atoms with Crippen LogP contribution in [0.1, 0.15) is 11.1 Å². The molecule has 6 nitrogen and oxygen atoms in total. The van der Waals surface area contributed by atoms with E-state index >= 15 is 0 Å². The lowest BCUT2D eigenvalue weighted by Crippen LogP contribution is -2.39. The van der Waals surface area contributed by atoms with Gasteiger partial charge < -0.3 is 0 Å². The Morgan fingerprint density at radius 2 is 1.68 bits per heavy atom. The number of nitrogens with zero attached hydrogens (tertiary/aromatic N) is 4. The first kappa shape index (κ1) is 15.4. The van der Waals surface area contributed by atoms with Crippen LogP contribution in [0.5, 0.6) is 0 Å². The molecule has 2 amide bonds. The minimum atomic E-state index is -0.825. The van der Waals surface area contributed by atoms with Crippen LogP contribution in [-0.4, -0.2) is 28.9 Å². The topological polar surface area (TPSA) is 65.3 Å². The van der Waals surface area contributed by atoms with Crippen LogP contribution in [0.3, 0.4) is 0 Å². The fourth-order valence-corrected chi connectivity index (χ4v) is 3.08. The van der Waals surface area contributed by atoms with Crippen LogP contribution in [0, 0.1) is 12.7 Å². The number of benzene rings is 2. The largest absolute Gasteiger partial charge is 0.271 e. The van der Waals surface area contributed by atoms with E-state index in [4.69, 9.17) is 0 Å². The Kier molecular flexibility index (Phi) is 3.56. The molecule has 25 heavy (non-hydrogen) atoms. The maximum absolute atomic E-state index is 13.0. The Hall–Kier alpha value is -3.09. The van der Waals surface area contributed by atoms with Crippen molar-refractivity contribution in [1.29, 1.82) is 0 Å². The monoisotopic (exact) mass is 338 g/mol. The Morgan fingerprint density at radius 3 is 2.36 bits per heavy atom. The van der Waals surface area contributed by atoms with Crippen molar-refractivity contribution in [3.63, 3.8) is 0 Å². The molecule has 1 fully saturated rings. The minimum Gasteiger partial charge on any atom is -0.271 e. The summed E-state index contributed by atoms with van der Waals surface area (Å²) in [4.78, 5) is 26.6. The predicted octanol–water partition coefficient (Wildman–Crippen LogP) is 2.63. The summed E-state index contributed by atoms with van der Waals surface area (Å²) in [6.45, 7) is 2.22. The van der Waals surface area contributed by atoms with Crippen LogP contribution in [0.25, 0.3) is 0 Å². The van der Waals surface area contributed by atoms with Crippen molar-refractivity contribution in [2.45, 2.75) is 25.6 Å². The van der Waals surface area contributed by atoms with Gasteiger partial charge in [-0.1, -0.05) is 35.1 Å². The number of anilines is 1. The second-order valence-corrected chi connectivity index (χ2v) is 6.17. The van der Waals surface area contributed by atoms with Gasteiger partial charge in [-0.3, -0.25) is 14.6 Å². The molecule has 0 saturated carbocycles. The van der Waals surface area contributed by atoms with E-state index in [1.54, 1.807) is 24.3 Å². The van der Waals surface area contributed by atoms with Crippen molar-refractivity contribution in [3.8, 4) is 0 Å². The second kappa shape index (κ2) is 5.77. The number of aryl methyl sites for hydroxylation is 1. The van der Waals surface area contributed by atoms with Crippen molar-refractivity contribution < 1.29 is 14.0 Å². The maximum atomic E-state index is 13.0. The Labute approximate surface area is 143 Å². The van der Waals surface area contributed by atoms with Crippen LogP contribution < -0.4 is 4.90 Å². The quantitative estimate of drug-likeness (QED) is 0.808. The zero-order valence-corrected chi connectivity index (χ0v) is 13.5. The molecule has 2 atom stereocenters. The number of carbonyl (C=O) groups is 2. The summed E-state index contributed by atoms with van der Waals surface area (Å²) in [5.41, 5.74) is 2.36. The zero-order chi connectivity index (χ0) is 17.6. The van der Waals surface area contributed by atoms with Gasteiger partial charge in [0.2, 0.25) is 0 Å². The van der Waals surface area contributed by atoms with Gasteiger partial charge in [0, 0.05) is 0 Å². The van der Waals surface area contributed by atoms with Gasteiger partial charge in [0.05, 0.1) is 12.2 Å². The molecule has 0 unspecified atom stereocenters. The van der Waals surface area contributed by atoms with Gasteiger partial charge in [0.15, 0.2) is 12.1 Å². The highest BCUT2D eigenvalue weighted by Gasteiger charge is 2.54. The third-order valence-electron chi connectivity index (χ3n) is 4.41. The molecule has 126 valence electrons. The molecule has 0 spiro atoms. The third-order valence-corrected chi connectivity index (χ3v) is 4.41. The Bertz CT molecular complexity index is 864. The van der Waals surface area contributed by atoms with Crippen molar-refractivity contribution in [1.82, 2.24) is 5.01 Å². The molecular weight excluding hydrogens is 323 g/mol. The van der Waals surface area contributed by atoms with E-state index in [0.717, 1.165) is 11.1 Å². The van der Waals surface area contributed by atoms with Crippen molar-refractivity contribution in [2.24, 2.45) is 10.3 Å². The number of halogens is 1. The van der Waals surface area contributed by atoms with Gasteiger partial charge in [0.25, 0.3) is 11.8 Å². The number of fused-ring (bicyclic) bond motifs is 1. The second-order valence-electron chi connectivity index (χ2n) is 6.17. The van der Waals surface area contributed by atoms with E-state index in [1.165, 1.54) is 22.0 Å². The summed E-state index contributed by atoms with van der Waals surface area (Å²) < 4.78 is 13.0. The Morgan fingerprint density at radius 1 is 1.00 bits per heavy atom. The average Bonchev–Trinajstić information content (AvgIpc) is 3.12. The first-order chi connectivity index (χ1) is 12.0. The lowest BCUT2D eigenvalue weighted by molar-refractivity contribution is -0.123. The van der Waals surface area contributed by atoms with Crippen LogP contribution in [0.15, 0.2) is 58.9 Å². The molecule has 0 N–H and O–H groups in total. The van der Waals surface area contributed by atoms with Crippen molar-refractivity contribution in [3.05, 3.63) is 65.5 Å². The lowest BCUT2D eigenvalue weighted by atomic mass is 10.1. The fourth-order valence-electron chi connectivity index (χ4n) is 3.08. The molecular formula is C18H15FN4O2. The molecule has 0 bridgehead atoms. The summed E-state index contributed by atoms with van der Waals surface area (Å²) in [5.74, 6) is -1.04. The maximum Gasteiger partial charge on any atom is 0.263 e. The molecule has 2 aliphatic heterocycles. The molecule has 0 aromatic heterocycles. The first-order valence-corrected chi connectivity index (χ1v) is 7.91. The highest BCUT2D eigenvalue weighted by atomic mass is 19.1. The van der Waals surface area contributed by atoms with E-state index in [-0.39, 0.29) is 24.2 Å². The number of hydrogen-bond acceptors (Lipinski definition) is 5. The number of hydrogen-bond donors (Lipinski definition) is 0. The van der Waals surface area contributed by atoms with Gasteiger partial charge in [0.1, 0.15) is 5.82 Å². The zero-order valence-electron chi connectivity index (χ0n) is 13.5. The van der Waals surface area contributed by atoms with Crippen molar-refractivity contribution >= 4 is 17.5 Å². The smallest absolute Gasteiger partial charge is 0.263 e. The van der Waals surface area contributed by atoms with E-state index in [1.807, 2.05) is 19.1 Å². The third kappa shape index (κ3) is 2.57. The van der Waals surface area contributed by atoms with Gasteiger partial charge in [-0.15, -0.1) is 0 Å². The summed E-state index contributed by atoms with van der Waals surface area (Å²) in [7, 11) is 0. The van der Waals surface area contributed by atoms with E-state index in [9.17, 15) is 14.0 Å². The van der Waals surface area contributed by atoms with Gasteiger partial charge >= 0.3 is 0 Å². The predicted molar refractivity (Wildman–Crippen MR) is 88.0 cm³/mol. The summed E-state index contributed by atoms with van der Waals surface area (Å²) in [5, 5.41) is 9.45. The van der Waals surface area contributed by atoms with Gasteiger partial charge in [-0.25, -0.2) is 9.29 Å². The molecule has 2 aliphatic rings. The van der Waals surface area contributed by atoms with Crippen LogP contribution in [0.2, 0.25) is 0 Å². The average molecular weight is 338 g/mol. The van der Waals surface area contributed by atoms with Crippen LogP contribution >= 0.6 is 0 Å². The summed E-state index contributed by atoms with van der Waals surface area (Å²) >= 11 is 0. The highest BCUT2D eigenvalue weighted by molar-refractivity contribution is 6.25. The van der Waals surface area contributed by atoms with Gasteiger partial charge in [-0.2, -0.15) is 5.11 Å². The van der Waals surface area contributed by atoms with E-state index in [2.05, 4.69) is 10.3 Å².